The highest BCUT2D eigenvalue weighted by Gasteiger charge is 2.28. The fraction of sp³-hybridized carbons (Fsp3) is 0.500. The normalized spacial score (nSPS) is 17.4. The van der Waals surface area contributed by atoms with Gasteiger partial charge in [0, 0.05) is 32.6 Å². The number of nitrogens with zero attached hydrogens (tertiary/aromatic N) is 3. The highest BCUT2D eigenvalue weighted by atomic mass is 32.2. The summed E-state index contributed by atoms with van der Waals surface area (Å²) in [4.78, 5) is 25.7. The van der Waals surface area contributed by atoms with Gasteiger partial charge in [0.2, 0.25) is 21.8 Å². The van der Waals surface area contributed by atoms with Gasteiger partial charge in [-0.1, -0.05) is 6.92 Å². The molecule has 1 aromatic carbocycles. The summed E-state index contributed by atoms with van der Waals surface area (Å²) >= 11 is 0. The van der Waals surface area contributed by atoms with Gasteiger partial charge >= 0.3 is 0 Å². The maximum absolute atomic E-state index is 12.6. The minimum atomic E-state index is -3.83. The van der Waals surface area contributed by atoms with E-state index >= 15 is 0 Å². The molecule has 27 heavy (non-hydrogen) atoms. The molecule has 1 unspecified atom stereocenters. The number of nitrogens with one attached hydrogen (secondary N) is 1. The molecule has 1 saturated heterocycles. The van der Waals surface area contributed by atoms with Crippen molar-refractivity contribution < 1.29 is 18.0 Å². The molecular formula is C18H24N4O4S. The number of carbonyl (C=O) groups excluding carboxylic acids is 2. The van der Waals surface area contributed by atoms with Crippen LogP contribution in [0.5, 0.6) is 0 Å². The monoisotopic (exact) mass is 392 g/mol. The summed E-state index contributed by atoms with van der Waals surface area (Å²) in [7, 11) is -2.47. The largest absolute Gasteiger partial charge is 0.352 e. The molecule has 1 heterocycles. The van der Waals surface area contributed by atoms with Gasteiger partial charge in [-0.3, -0.25) is 9.59 Å². The number of carbonyl (C=O) groups is 2. The van der Waals surface area contributed by atoms with Crippen molar-refractivity contribution in [2.24, 2.45) is 0 Å². The molecule has 1 atom stereocenters. The van der Waals surface area contributed by atoms with E-state index in [-0.39, 0.29) is 29.3 Å². The predicted molar refractivity (Wildman–Crippen MR) is 99.0 cm³/mol. The van der Waals surface area contributed by atoms with Gasteiger partial charge in [-0.15, -0.1) is 0 Å². The standard InChI is InChI=1S/C18H24N4O4S/c1-3-17(23)20-15-5-4-10-22(12-15)18(24)13-21(2)27(25,26)16-8-6-14(11-19)7-9-16/h6-9,15H,3-5,10,12-13H2,1-2H3,(H,20,23). The zero-order valence-corrected chi connectivity index (χ0v) is 16.3. The molecule has 1 aliphatic rings. The fourth-order valence-electron chi connectivity index (χ4n) is 2.91. The Morgan fingerprint density at radius 2 is 2.00 bits per heavy atom. The minimum absolute atomic E-state index is 0.0310. The van der Waals surface area contributed by atoms with Crippen LogP contribution >= 0.6 is 0 Å². The molecule has 146 valence electrons. The Balaban J connectivity index is 2.01. The molecular weight excluding hydrogens is 368 g/mol. The van der Waals surface area contributed by atoms with Gasteiger partial charge in [0.1, 0.15) is 0 Å². The second kappa shape index (κ2) is 8.97. The average molecular weight is 392 g/mol. The van der Waals surface area contributed by atoms with E-state index in [0.29, 0.717) is 25.1 Å². The highest BCUT2D eigenvalue weighted by molar-refractivity contribution is 7.89. The SMILES string of the molecule is CCC(=O)NC1CCCN(C(=O)CN(C)S(=O)(=O)c2ccc(C#N)cc2)C1. The van der Waals surface area contributed by atoms with Gasteiger partial charge < -0.3 is 10.2 Å². The minimum Gasteiger partial charge on any atom is -0.352 e. The number of hydrogen-bond acceptors (Lipinski definition) is 5. The first-order chi connectivity index (χ1) is 12.8. The van der Waals surface area contributed by atoms with Gasteiger partial charge in [-0.2, -0.15) is 9.57 Å². The maximum atomic E-state index is 12.6. The Labute approximate surface area is 159 Å². The van der Waals surface area contributed by atoms with Crippen molar-refractivity contribution in [1.82, 2.24) is 14.5 Å². The van der Waals surface area contributed by atoms with Crippen LogP contribution in [0.1, 0.15) is 31.7 Å². The van der Waals surface area contributed by atoms with Crippen LogP contribution in [-0.2, 0) is 19.6 Å². The first kappa shape index (κ1) is 20.9. The number of sulfonamides is 1. The summed E-state index contributed by atoms with van der Waals surface area (Å²) < 4.78 is 26.2. The van der Waals surface area contributed by atoms with E-state index in [4.69, 9.17) is 5.26 Å². The van der Waals surface area contributed by atoms with Gasteiger partial charge in [-0.05, 0) is 37.1 Å². The van der Waals surface area contributed by atoms with E-state index in [1.54, 1.807) is 11.8 Å². The van der Waals surface area contributed by atoms with E-state index in [9.17, 15) is 18.0 Å². The topological polar surface area (TPSA) is 111 Å². The number of likely N-dealkylation sites (tertiary alicyclic amines) is 1. The van der Waals surface area contributed by atoms with Crippen LogP contribution in [-0.4, -0.2) is 62.2 Å². The number of rotatable bonds is 6. The van der Waals surface area contributed by atoms with Gasteiger partial charge in [0.25, 0.3) is 0 Å². The number of piperidine rings is 1. The summed E-state index contributed by atoms with van der Waals surface area (Å²) in [5.41, 5.74) is 0.362. The lowest BCUT2D eigenvalue weighted by molar-refractivity contribution is -0.133. The van der Waals surface area contributed by atoms with E-state index in [2.05, 4.69) is 5.32 Å². The number of hydrogen-bond donors (Lipinski definition) is 1. The quantitative estimate of drug-likeness (QED) is 0.766. The smallest absolute Gasteiger partial charge is 0.243 e. The lowest BCUT2D eigenvalue weighted by Crippen LogP contribution is -2.51. The molecule has 2 amide bonds. The van der Waals surface area contributed by atoms with Crippen molar-refractivity contribution in [2.75, 3.05) is 26.7 Å². The second-order valence-corrected chi connectivity index (χ2v) is 8.54. The van der Waals surface area contributed by atoms with Crippen LogP contribution in [0, 0.1) is 11.3 Å². The third-order valence-electron chi connectivity index (χ3n) is 4.51. The highest BCUT2D eigenvalue weighted by Crippen LogP contribution is 2.16. The molecule has 0 saturated carbocycles. The summed E-state index contributed by atoms with van der Waals surface area (Å²) in [6, 6.07) is 7.39. The van der Waals surface area contributed by atoms with E-state index in [0.717, 1.165) is 17.1 Å². The molecule has 1 aromatic rings. The maximum Gasteiger partial charge on any atom is 0.243 e. The molecule has 2 rings (SSSR count). The van der Waals surface area contributed by atoms with E-state index in [1.807, 2.05) is 6.07 Å². The van der Waals surface area contributed by atoms with Crippen LogP contribution in [0.4, 0.5) is 0 Å². The first-order valence-electron chi connectivity index (χ1n) is 8.81. The van der Waals surface area contributed by atoms with Gasteiger partial charge in [-0.25, -0.2) is 8.42 Å². The van der Waals surface area contributed by atoms with Gasteiger partial charge in [0.05, 0.1) is 23.1 Å². The van der Waals surface area contributed by atoms with Crippen molar-refractivity contribution in [2.45, 2.75) is 37.1 Å². The zero-order valence-electron chi connectivity index (χ0n) is 15.5. The Kier molecular flexibility index (Phi) is 6.93. The Morgan fingerprint density at radius 3 is 2.59 bits per heavy atom. The Morgan fingerprint density at radius 1 is 1.33 bits per heavy atom. The Hall–Kier alpha value is -2.44. The zero-order chi connectivity index (χ0) is 20.0. The number of likely N-dealkylation sites (N-methyl/N-ethyl adjacent to an activating group) is 1. The fourth-order valence-corrected chi connectivity index (χ4v) is 4.03. The molecule has 0 radical (unpaired) electrons. The lowest BCUT2D eigenvalue weighted by atomic mass is 10.1. The Bertz CT molecular complexity index is 830. The van der Waals surface area contributed by atoms with Crippen molar-refractivity contribution >= 4 is 21.8 Å². The lowest BCUT2D eigenvalue weighted by Gasteiger charge is -2.34. The first-order valence-corrected chi connectivity index (χ1v) is 10.3. The number of nitriles is 1. The molecule has 0 aliphatic carbocycles. The third kappa shape index (κ3) is 5.28. The summed E-state index contributed by atoms with van der Waals surface area (Å²) in [6.07, 6.45) is 1.94. The summed E-state index contributed by atoms with van der Waals surface area (Å²) in [5, 5.41) is 11.7. The molecule has 0 aromatic heterocycles. The third-order valence-corrected chi connectivity index (χ3v) is 6.33. The molecule has 8 nitrogen and oxygen atoms in total. The summed E-state index contributed by atoms with van der Waals surface area (Å²) in [6.45, 7) is 2.41. The van der Waals surface area contributed by atoms with Crippen LogP contribution in [0.3, 0.4) is 0 Å². The van der Waals surface area contributed by atoms with Crippen LogP contribution in [0.2, 0.25) is 0 Å². The molecule has 1 aliphatic heterocycles. The molecule has 1 N–H and O–H groups in total. The number of amides is 2. The van der Waals surface area contributed by atoms with Crippen molar-refractivity contribution in [3.8, 4) is 6.07 Å². The second-order valence-electron chi connectivity index (χ2n) is 6.50. The predicted octanol–water partition coefficient (Wildman–Crippen LogP) is 0.696. The summed E-state index contributed by atoms with van der Waals surface area (Å²) in [5.74, 6) is -0.361. The van der Waals surface area contributed by atoms with E-state index in [1.165, 1.54) is 31.3 Å². The number of benzene rings is 1. The van der Waals surface area contributed by atoms with Gasteiger partial charge in [0.15, 0.2) is 0 Å². The molecule has 1 fully saturated rings. The van der Waals surface area contributed by atoms with E-state index < -0.39 is 10.0 Å². The van der Waals surface area contributed by atoms with Crippen LogP contribution in [0.15, 0.2) is 29.2 Å². The average Bonchev–Trinajstić information content (AvgIpc) is 2.67. The van der Waals surface area contributed by atoms with Crippen molar-refractivity contribution in [3.63, 3.8) is 0 Å². The van der Waals surface area contributed by atoms with Crippen LogP contribution < -0.4 is 5.32 Å². The van der Waals surface area contributed by atoms with Crippen molar-refractivity contribution in [1.29, 1.82) is 5.26 Å². The van der Waals surface area contributed by atoms with Crippen LogP contribution in [0.25, 0.3) is 0 Å². The molecule has 9 heteroatoms. The molecule has 0 spiro atoms. The van der Waals surface area contributed by atoms with Crippen molar-refractivity contribution in [3.05, 3.63) is 29.8 Å². The molecule has 0 bridgehead atoms.